The number of hydrogen-bond acceptors (Lipinski definition) is 3. The summed E-state index contributed by atoms with van der Waals surface area (Å²) in [5.41, 5.74) is 0. The Labute approximate surface area is 81.5 Å². The molecule has 4 heteroatoms. The fourth-order valence-corrected chi connectivity index (χ4v) is 0. The van der Waals surface area contributed by atoms with Gasteiger partial charge in [-0.15, -0.1) is 0 Å². The van der Waals surface area contributed by atoms with Crippen molar-refractivity contribution in [3.63, 3.8) is 0 Å². The highest BCUT2D eigenvalue weighted by atomic mass is 16.3. The molecule has 0 saturated heterocycles. The minimum Gasteiger partial charge on any atom is -0.412 e. The van der Waals surface area contributed by atoms with Crippen molar-refractivity contribution in [1.29, 1.82) is 0 Å². The second-order valence-electron chi connectivity index (χ2n) is 3.28. The molecule has 0 saturated carbocycles. The first-order chi connectivity index (χ1) is 5.20. The first-order valence-electron chi connectivity index (χ1n) is 4.24. The Morgan fingerprint density at radius 3 is 0.538 bits per heavy atom. The molecule has 0 aromatic carbocycles. The van der Waals surface area contributed by atoms with E-state index < -0.39 is 0 Å². The van der Waals surface area contributed by atoms with Gasteiger partial charge in [-0.05, 0) is 41.5 Å². The molecule has 0 amide bonds. The van der Waals surface area contributed by atoms with Crippen molar-refractivity contribution >= 4 is 0 Å². The summed E-state index contributed by atoms with van der Waals surface area (Å²) in [6, 6.07) is 0. The molecule has 0 radical (unpaired) electrons. The van der Waals surface area contributed by atoms with Crippen molar-refractivity contribution in [2.45, 2.75) is 59.9 Å². The summed E-state index contributed by atoms with van der Waals surface area (Å²) < 4.78 is 0. The molecule has 0 aliphatic carbocycles. The van der Waals surface area contributed by atoms with Crippen LogP contribution in [0.2, 0.25) is 0 Å². The van der Waals surface area contributed by atoms with Crippen LogP contribution < -0.4 is 0 Å². The van der Waals surface area contributed by atoms with Gasteiger partial charge in [0.25, 0.3) is 0 Å². The predicted molar refractivity (Wildman–Crippen MR) is 55.7 cm³/mol. The third-order valence-electron chi connectivity index (χ3n) is 0. The number of aliphatic hydroxyl groups is 3. The van der Waals surface area contributed by atoms with E-state index in [0.717, 1.165) is 0 Å². The van der Waals surface area contributed by atoms with Crippen molar-refractivity contribution in [3.8, 4) is 0 Å². The second kappa shape index (κ2) is 17.8. The quantitative estimate of drug-likeness (QED) is 0.524. The van der Waals surface area contributed by atoms with E-state index >= 15 is 0 Å². The summed E-state index contributed by atoms with van der Waals surface area (Å²) in [6.07, 6.45) is -0.500. The maximum absolute atomic E-state index is 8.06. The largest absolute Gasteiger partial charge is 0.412 e. The lowest BCUT2D eigenvalue weighted by Gasteiger charge is -1.80. The van der Waals surface area contributed by atoms with Crippen molar-refractivity contribution in [3.05, 3.63) is 0 Å². The molecular weight excluding hydrogens is 172 g/mol. The SMILES string of the molecule is CC(C)O.CC(C)O.CC(C)O.O. The number of rotatable bonds is 0. The minimum atomic E-state index is -0.167. The molecule has 0 heterocycles. The molecule has 4 nitrogen and oxygen atoms in total. The normalized spacial score (nSPS) is 8.31. The summed E-state index contributed by atoms with van der Waals surface area (Å²) in [5.74, 6) is 0. The summed E-state index contributed by atoms with van der Waals surface area (Å²) in [7, 11) is 0. The molecule has 0 bridgehead atoms. The van der Waals surface area contributed by atoms with Crippen LogP contribution in [-0.4, -0.2) is 39.1 Å². The molecule has 0 unspecified atom stereocenters. The molecule has 0 spiro atoms. The van der Waals surface area contributed by atoms with Gasteiger partial charge in [-0.25, -0.2) is 0 Å². The van der Waals surface area contributed by atoms with E-state index in [1.807, 2.05) is 0 Å². The molecule has 86 valence electrons. The Kier molecular flexibility index (Phi) is 31.5. The molecular formula is C9H26O4. The van der Waals surface area contributed by atoms with Gasteiger partial charge < -0.3 is 20.8 Å². The molecule has 0 aliphatic heterocycles. The van der Waals surface area contributed by atoms with Crippen LogP contribution >= 0.6 is 0 Å². The van der Waals surface area contributed by atoms with Gasteiger partial charge in [-0.1, -0.05) is 0 Å². The van der Waals surface area contributed by atoms with Crippen molar-refractivity contribution in [2.75, 3.05) is 0 Å². The first kappa shape index (κ1) is 23.0. The fraction of sp³-hybridized carbons (Fsp3) is 1.00. The molecule has 13 heavy (non-hydrogen) atoms. The smallest absolute Gasteiger partial charge is 0.0483 e. The van der Waals surface area contributed by atoms with E-state index in [9.17, 15) is 0 Å². The van der Waals surface area contributed by atoms with E-state index in [2.05, 4.69) is 0 Å². The third kappa shape index (κ3) is 44800. The summed E-state index contributed by atoms with van der Waals surface area (Å²) in [6.45, 7) is 10.3. The van der Waals surface area contributed by atoms with E-state index in [1.54, 1.807) is 41.5 Å². The second-order valence-corrected chi connectivity index (χ2v) is 3.28. The Balaban J connectivity index is -0.0000000450. The van der Waals surface area contributed by atoms with Gasteiger partial charge in [0.15, 0.2) is 0 Å². The van der Waals surface area contributed by atoms with Crippen LogP contribution in [0.15, 0.2) is 0 Å². The Hall–Kier alpha value is -0.160. The zero-order valence-corrected chi connectivity index (χ0v) is 9.57. The molecule has 0 aromatic heterocycles. The molecule has 5 N–H and O–H groups in total. The lowest BCUT2D eigenvalue weighted by Crippen LogP contribution is -1.85. The van der Waals surface area contributed by atoms with Crippen LogP contribution in [0, 0.1) is 0 Å². The lowest BCUT2D eigenvalue weighted by atomic mass is 10.5. The molecule has 0 aromatic rings. The molecule has 0 rings (SSSR count). The standard InChI is InChI=1S/3C3H8O.H2O/c3*1-3(2)4;/h3*3-4H,1-2H3;1H2. The zero-order valence-electron chi connectivity index (χ0n) is 9.57. The first-order valence-corrected chi connectivity index (χ1v) is 4.24. The highest BCUT2D eigenvalue weighted by molar-refractivity contribution is 4.21. The minimum absolute atomic E-state index is 0. The van der Waals surface area contributed by atoms with Gasteiger partial charge in [0.05, 0.1) is 0 Å². The summed E-state index contributed by atoms with van der Waals surface area (Å²) in [4.78, 5) is 0. The fourth-order valence-electron chi connectivity index (χ4n) is 0. The van der Waals surface area contributed by atoms with E-state index in [4.69, 9.17) is 15.3 Å². The van der Waals surface area contributed by atoms with Crippen molar-refractivity contribution < 1.29 is 20.8 Å². The Bertz CT molecular complexity index is 40.1. The topological polar surface area (TPSA) is 92.2 Å². The van der Waals surface area contributed by atoms with Crippen molar-refractivity contribution in [1.82, 2.24) is 0 Å². The third-order valence-corrected chi connectivity index (χ3v) is 0. The average molecular weight is 198 g/mol. The molecule has 0 atom stereocenters. The maximum Gasteiger partial charge on any atom is 0.0483 e. The van der Waals surface area contributed by atoms with Gasteiger partial charge in [0.1, 0.15) is 0 Å². The average Bonchev–Trinajstić information content (AvgIpc) is 1.54. The number of aliphatic hydroxyl groups excluding tert-OH is 3. The Morgan fingerprint density at radius 1 is 0.538 bits per heavy atom. The van der Waals surface area contributed by atoms with Crippen molar-refractivity contribution in [2.24, 2.45) is 0 Å². The van der Waals surface area contributed by atoms with Crippen LogP contribution in [0.5, 0.6) is 0 Å². The van der Waals surface area contributed by atoms with Gasteiger partial charge >= 0.3 is 0 Å². The van der Waals surface area contributed by atoms with E-state index in [-0.39, 0.29) is 23.8 Å². The number of hydrogen-bond donors (Lipinski definition) is 3. The van der Waals surface area contributed by atoms with Gasteiger partial charge in [-0.3, -0.25) is 0 Å². The Morgan fingerprint density at radius 2 is 0.538 bits per heavy atom. The zero-order chi connectivity index (χ0) is 10.7. The monoisotopic (exact) mass is 198 g/mol. The van der Waals surface area contributed by atoms with Crippen LogP contribution in [0.1, 0.15) is 41.5 Å². The van der Waals surface area contributed by atoms with E-state index in [0.29, 0.717) is 0 Å². The van der Waals surface area contributed by atoms with Crippen LogP contribution in [-0.2, 0) is 0 Å². The van der Waals surface area contributed by atoms with Crippen LogP contribution in [0.25, 0.3) is 0 Å². The van der Waals surface area contributed by atoms with Crippen LogP contribution in [0.3, 0.4) is 0 Å². The summed E-state index contributed by atoms with van der Waals surface area (Å²) >= 11 is 0. The highest BCUT2D eigenvalue weighted by Gasteiger charge is 1.70. The highest BCUT2D eigenvalue weighted by Crippen LogP contribution is 1.65. The molecule has 0 aliphatic rings. The molecule has 0 fully saturated rings. The van der Waals surface area contributed by atoms with E-state index in [1.165, 1.54) is 0 Å². The summed E-state index contributed by atoms with van der Waals surface area (Å²) in [5, 5.41) is 24.2. The van der Waals surface area contributed by atoms with Crippen LogP contribution in [0.4, 0.5) is 0 Å². The van der Waals surface area contributed by atoms with Gasteiger partial charge in [0, 0.05) is 18.3 Å². The van der Waals surface area contributed by atoms with Gasteiger partial charge in [-0.2, -0.15) is 0 Å². The predicted octanol–water partition coefficient (Wildman–Crippen LogP) is 0.337. The maximum atomic E-state index is 8.06. The van der Waals surface area contributed by atoms with Gasteiger partial charge in [0.2, 0.25) is 0 Å². The lowest BCUT2D eigenvalue weighted by molar-refractivity contribution is 0.215.